The molecule has 5 nitrogen and oxygen atoms in total. The van der Waals surface area contributed by atoms with Crippen LogP contribution in [0.2, 0.25) is 0 Å². The standard InChI is InChI=1S/C22H35N3O2/c1-3-27-22(26)24-16-12-20(13-17-24)25-14-7-10-21(18-25)23(2)15-11-19-8-5-4-6-9-19/h4-6,8-9,20-21H,3,7,10-18H2,1-2H3. The van der Waals surface area contributed by atoms with Crippen LogP contribution in [-0.2, 0) is 11.2 Å². The van der Waals surface area contributed by atoms with Crippen molar-refractivity contribution < 1.29 is 9.53 Å². The molecule has 2 fully saturated rings. The van der Waals surface area contributed by atoms with Gasteiger partial charge in [0.05, 0.1) is 6.61 Å². The Balaban J connectivity index is 1.44. The van der Waals surface area contributed by atoms with E-state index < -0.39 is 0 Å². The van der Waals surface area contributed by atoms with Crippen molar-refractivity contribution in [1.29, 1.82) is 0 Å². The van der Waals surface area contributed by atoms with E-state index in [2.05, 4.69) is 47.2 Å². The molecule has 5 heteroatoms. The summed E-state index contributed by atoms with van der Waals surface area (Å²) in [6, 6.07) is 12.0. The molecular weight excluding hydrogens is 338 g/mol. The van der Waals surface area contributed by atoms with Crippen LogP contribution in [0.4, 0.5) is 4.79 Å². The molecule has 0 spiro atoms. The fourth-order valence-corrected chi connectivity index (χ4v) is 4.44. The summed E-state index contributed by atoms with van der Waals surface area (Å²) in [5, 5.41) is 0. The molecule has 2 heterocycles. The molecule has 27 heavy (non-hydrogen) atoms. The van der Waals surface area contributed by atoms with Crippen molar-refractivity contribution in [1.82, 2.24) is 14.7 Å². The Labute approximate surface area is 164 Å². The molecule has 0 radical (unpaired) electrons. The Bertz CT molecular complexity index is 572. The molecule has 1 unspecified atom stereocenters. The molecule has 0 aromatic heterocycles. The van der Waals surface area contributed by atoms with E-state index in [9.17, 15) is 4.79 Å². The quantitative estimate of drug-likeness (QED) is 0.767. The average molecular weight is 374 g/mol. The van der Waals surface area contributed by atoms with E-state index >= 15 is 0 Å². The molecule has 1 atom stereocenters. The lowest BCUT2D eigenvalue weighted by molar-refractivity contribution is 0.0455. The number of ether oxygens (including phenoxy) is 1. The van der Waals surface area contributed by atoms with Gasteiger partial charge in [0.1, 0.15) is 0 Å². The van der Waals surface area contributed by atoms with Gasteiger partial charge in [-0.3, -0.25) is 4.90 Å². The summed E-state index contributed by atoms with van der Waals surface area (Å²) in [6.07, 6.45) is 5.68. The number of carbonyl (C=O) groups excluding carboxylic acids is 1. The minimum absolute atomic E-state index is 0.145. The molecule has 2 aliphatic rings. The summed E-state index contributed by atoms with van der Waals surface area (Å²) in [4.78, 5) is 19.0. The first-order valence-electron chi connectivity index (χ1n) is 10.6. The highest BCUT2D eigenvalue weighted by Gasteiger charge is 2.31. The second-order valence-corrected chi connectivity index (χ2v) is 7.92. The van der Waals surface area contributed by atoms with Crippen LogP contribution in [-0.4, -0.2) is 79.3 Å². The van der Waals surface area contributed by atoms with E-state index in [1.54, 1.807) is 0 Å². The molecule has 0 aliphatic carbocycles. The fourth-order valence-electron chi connectivity index (χ4n) is 4.44. The number of amides is 1. The van der Waals surface area contributed by atoms with Crippen molar-refractivity contribution in [2.24, 2.45) is 0 Å². The highest BCUT2D eigenvalue weighted by molar-refractivity contribution is 5.67. The average Bonchev–Trinajstić information content (AvgIpc) is 2.73. The highest BCUT2D eigenvalue weighted by Crippen LogP contribution is 2.23. The molecule has 2 aliphatic heterocycles. The zero-order valence-electron chi connectivity index (χ0n) is 17.0. The number of carbonyl (C=O) groups is 1. The second kappa shape index (κ2) is 10.1. The van der Waals surface area contributed by atoms with E-state index in [4.69, 9.17) is 4.74 Å². The van der Waals surface area contributed by atoms with Gasteiger partial charge in [-0.05, 0) is 58.2 Å². The van der Waals surface area contributed by atoms with Gasteiger partial charge in [0.25, 0.3) is 0 Å². The summed E-state index contributed by atoms with van der Waals surface area (Å²) in [5.74, 6) is 0. The van der Waals surface area contributed by atoms with Gasteiger partial charge in [0.2, 0.25) is 0 Å². The molecule has 1 amide bonds. The molecule has 3 rings (SSSR count). The van der Waals surface area contributed by atoms with Crippen molar-refractivity contribution in [3.05, 3.63) is 35.9 Å². The van der Waals surface area contributed by atoms with Gasteiger partial charge in [0.15, 0.2) is 0 Å². The molecular formula is C22H35N3O2. The van der Waals surface area contributed by atoms with Gasteiger partial charge in [-0.25, -0.2) is 4.79 Å². The van der Waals surface area contributed by atoms with Gasteiger partial charge in [-0.1, -0.05) is 30.3 Å². The highest BCUT2D eigenvalue weighted by atomic mass is 16.6. The molecule has 1 aromatic rings. The first-order valence-corrected chi connectivity index (χ1v) is 10.6. The molecule has 0 N–H and O–H groups in total. The van der Waals surface area contributed by atoms with Crippen LogP contribution in [0.15, 0.2) is 30.3 Å². The Morgan fingerprint density at radius 3 is 2.59 bits per heavy atom. The molecule has 0 bridgehead atoms. The van der Waals surface area contributed by atoms with Gasteiger partial charge < -0.3 is 14.5 Å². The Morgan fingerprint density at radius 2 is 1.89 bits per heavy atom. The Kier molecular flexibility index (Phi) is 7.53. The SMILES string of the molecule is CCOC(=O)N1CCC(N2CCCC(N(C)CCc3ccccc3)C2)CC1. The van der Waals surface area contributed by atoms with Crippen LogP contribution in [0.5, 0.6) is 0 Å². The third-order valence-electron chi connectivity index (χ3n) is 6.15. The normalized spacial score (nSPS) is 22.2. The summed E-state index contributed by atoms with van der Waals surface area (Å²) in [5.41, 5.74) is 1.42. The minimum atomic E-state index is -0.145. The van der Waals surface area contributed by atoms with Crippen molar-refractivity contribution in [3.63, 3.8) is 0 Å². The Morgan fingerprint density at radius 1 is 1.15 bits per heavy atom. The van der Waals surface area contributed by atoms with E-state index in [-0.39, 0.29) is 6.09 Å². The summed E-state index contributed by atoms with van der Waals surface area (Å²) < 4.78 is 5.14. The van der Waals surface area contributed by atoms with Crippen molar-refractivity contribution >= 4 is 6.09 Å². The van der Waals surface area contributed by atoms with Gasteiger partial charge in [-0.2, -0.15) is 0 Å². The van der Waals surface area contributed by atoms with E-state index in [0.717, 1.165) is 45.4 Å². The lowest BCUT2D eigenvalue weighted by atomic mass is 9.97. The van der Waals surface area contributed by atoms with Crippen LogP contribution in [0, 0.1) is 0 Å². The predicted molar refractivity (Wildman–Crippen MR) is 109 cm³/mol. The first kappa shape index (κ1) is 20.2. The topological polar surface area (TPSA) is 36.0 Å². The number of nitrogens with zero attached hydrogens (tertiary/aromatic N) is 3. The number of piperidine rings is 2. The smallest absolute Gasteiger partial charge is 0.409 e. The van der Waals surface area contributed by atoms with E-state index in [0.29, 0.717) is 18.7 Å². The number of benzene rings is 1. The number of rotatable bonds is 6. The van der Waals surface area contributed by atoms with Crippen molar-refractivity contribution in [3.8, 4) is 0 Å². The zero-order valence-corrected chi connectivity index (χ0v) is 17.0. The third kappa shape index (κ3) is 5.69. The fraction of sp³-hybridized carbons (Fsp3) is 0.682. The van der Waals surface area contributed by atoms with Gasteiger partial charge >= 0.3 is 6.09 Å². The van der Waals surface area contributed by atoms with Gasteiger partial charge in [0, 0.05) is 38.3 Å². The van der Waals surface area contributed by atoms with Crippen molar-refractivity contribution in [2.75, 3.05) is 46.4 Å². The van der Waals surface area contributed by atoms with Gasteiger partial charge in [-0.15, -0.1) is 0 Å². The van der Waals surface area contributed by atoms with E-state index in [1.165, 1.54) is 24.9 Å². The molecule has 150 valence electrons. The molecule has 2 saturated heterocycles. The van der Waals surface area contributed by atoms with Crippen LogP contribution in [0.3, 0.4) is 0 Å². The number of likely N-dealkylation sites (tertiary alicyclic amines) is 2. The van der Waals surface area contributed by atoms with Crippen LogP contribution in [0.25, 0.3) is 0 Å². The number of hydrogen-bond acceptors (Lipinski definition) is 4. The van der Waals surface area contributed by atoms with Crippen molar-refractivity contribution in [2.45, 2.75) is 51.1 Å². The number of likely N-dealkylation sites (N-methyl/N-ethyl adjacent to an activating group) is 1. The van der Waals surface area contributed by atoms with E-state index in [1.807, 2.05) is 11.8 Å². The first-order chi connectivity index (χ1) is 13.2. The van der Waals surface area contributed by atoms with Crippen LogP contribution in [0.1, 0.15) is 38.2 Å². The third-order valence-corrected chi connectivity index (χ3v) is 6.15. The maximum absolute atomic E-state index is 11.9. The monoisotopic (exact) mass is 373 g/mol. The lowest BCUT2D eigenvalue weighted by Crippen LogP contribution is -2.53. The number of hydrogen-bond donors (Lipinski definition) is 0. The largest absolute Gasteiger partial charge is 0.450 e. The maximum Gasteiger partial charge on any atom is 0.409 e. The second-order valence-electron chi connectivity index (χ2n) is 7.92. The molecule has 1 aromatic carbocycles. The molecule has 0 saturated carbocycles. The van der Waals surface area contributed by atoms with Crippen LogP contribution >= 0.6 is 0 Å². The zero-order chi connectivity index (χ0) is 19.1. The summed E-state index contributed by atoms with van der Waals surface area (Å²) in [6.45, 7) is 7.46. The minimum Gasteiger partial charge on any atom is -0.450 e. The lowest BCUT2D eigenvalue weighted by Gasteiger charge is -2.44. The predicted octanol–water partition coefficient (Wildman–Crippen LogP) is 3.25. The summed E-state index contributed by atoms with van der Waals surface area (Å²) >= 11 is 0. The van der Waals surface area contributed by atoms with Crippen LogP contribution < -0.4 is 0 Å². The Hall–Kier alpha value is -1.59. The maximum atomic E-state index is 11.9. The summed E-state index contributed by atoms with van der Waals surface area (Å²) in [7, 11) is 2.28.